The average Bonchev–Trinajstić information content (AvgIpc) is 3.11. The zero-order valence-corrected chi connectivity index (χ0v) is 21.0. The summed E-state index contributed by atoms with van der Waals surface area (Å²) in [4.78, 5) is 14.2. The molecule has 1 aromatic carbocycles. The predicted octanol–water partition coefficient (Wildman–Crippen LogP) is 4.84. The van der Waals surface area contributed by atoms with E-state index in [4.69, 9.17) is 4.74 Å². The van der Waals surface area contributed by atoms with Crippen LogP contribution in [0.15, 0.2) is 18.2 Å². The second-order valence-electron chi connectivity index (χ2n) is 11.1. The van der Waals surface area contributed by atoms with E-state index in [1.807, 2.05) is 24.0 Å². The number of aliphatic hydroxyl groups is 1. The third-order valence-corrected chi connectivity index (χ3v) is 9.25. The molecule has 0 radical (unpaired) electrons. The summed E-state index contributed by atoms with van der Waals surface area (Å²) < 4.78 is 21.0. The van der Waals surface area contributed by atoms with Crippen LogP contribution in [-0.4, -0.2) is 60.1 Å². The normalized spacial score (nSPS) is 34.3. The summed E-state index contributed by atoms with van der Waals surface area (Å²) in [6.07, 6.45) is 4.96. The Bertz CT molecular complexity index is 863. The van der Waals surface area contributed by atoms with Crippen LogP contribution in [0.1, 0.15) is 75.8 Å². The summed E-state index contributed by atoms with van der Waals surface area (Å²) >= 11 is 0. The second kappa shape index (κ2) is 10.5. The molecular weight excluding hydrogens is 433 g/mol. The van der Waals surface area contributed by atoms with Gasteiger partial charge in [-0.2, -0.15) is 0 Å². The van der Waals surface area contributed by atoms with Gasteiger partial charge in [-0.25, -0.2) is 4.39 Å². The fourth-order valence-electron chi connectivity index (χ4n) is 7.53. The first-order chi connectivity index (χ1) is 16.3. The standard InChI is InChI=1S/C28H42FNO4/c1-4-25(33)30(13-14-34-3)12-6-5-7-18-15-19-16-20(31)8-9-21(19)27-23(29)17-28(2)22(26(18)27)10-11-24(28)32/h8-9,16,18,22-24,26-27,31-32H,4-7,10-15,17H2,1-3H3/t18?,22?,23?,24?,26?,27?,28-/m0/s1. The molecule has 2 saturated carbocycles. The maximum Gasteiger partial charge on any atom is 0.222 e. The number of amides is 1. The molecular formula is C28H42FNO4. The molecule has 6 unspecified atom stereocenters. The molecule has 0 spiro atoms. The highest BCUT2D eigenvalue weighted by atomic mass is 19.1. The van der Waals surface area contributed by atoms with Crippen LogP contribution in [0, 0.1) is 23.2 Å². The highest BCUT2D eigenvalue weighted by Crippen LogP contribution is 2.63. The Labute approximate surface area is 203 Å². The van der Waals surface area contributed by atoms with Crippen LogP contribution < -0.4 is 0 Å². The van der Waals surface area contributed by atoms with Gasteiger partial charge >= 0.3 is 0 Å². The molecule has 7 atom stereocenters. The molecule has 0 aromatic heterocycles. The Morgan fingerprint density at radius 1 is 1.26 bits per heavy atom. The summed E-state index contributed by atoms with van der Waals surface area (Å²) in [6, 6.07) is 5.46. The number of phenolic OH excluding ortho intramolecular Hbond substituents is 1. The van der Waals surface area contributed by atoms with E-state index < -0.39 is 12.3 Å². The molecule has 6 heteroatoms. The van der Waals surface area contributed by atoms with Crippen molar-refractivity contribution in [1.29, 1.82) is 0 Å². The third kappa shape index (κ3) is 4.73. The second-order valence-corrected chi connectivity index (χ2v) is 11.1. The van der Waals surface area contributed by atoms with Crippen LogP contribution in [0.5, 0.6) is 5.75 Å². The zero-order valence-electron chi connectivity index (χ0n) is 21.0. The van der Waals surface area contributed by atoms with E-state index in [2.05, 4.69) is 6.92 Å². The molecule has 1 aromatic rings. The van der Waals surface area contributed by atoms with Gasteiger partial charge in [0.1, 0.15) is 11.9 Å². The number of unbranched alkanes of at least 4 members (excludes halogenated alkanes) is 1. The highest BCUT2D eigenvalue weighted by Gasteiger charge is 2.59. The van der Waals surface area contributed by atoms with E-state index in [0.29, 0.717) is 37.8 Å². The first kappa shape index (κ1) is 25.4. The Hall–Kier alpha value is -1.66. The smallest absolute Gasteiger partial charge is 0.222 e. The van der Waals surface area contributed by atoms with Gasteiger partial charge in [0.25, 0.3) is 0 Å². The first-order valence-corrected chi connectivity index (χ1v) is 13.2. The summed E-state index contributed by atoms with van der Waals surface area (Å²) in [7, 11) is 1.65. The quantitative estimate of drug-likeness (QED) is 0.502. The van der Waals surface area contributed by atoms with Crippen LogP contribution >= 0.6 is 0 Å². The minimum atomic E-state index is -0.975. The van der Waals surface area contributed by atoms with E-state index in [1.165, 1.54) is 0 Å². The molecule has 2 N–H and O–H groups in total. The number of phenols is 1. The van der Waals surface area contributed by atoms with Crippen molar-refractivity contribution in [3.8, 4) is 5.75 Å². The monoisotopic (exact) mass is 475 g/mol. The van der Waals surface area contributed by atoms with Crippen molar-refractivity contribution in [3.05, 3.63) is 29.3 Å². The molecule has 2 fully saturated rings. The van der Waals surface area contributed by atoms with E-state index in [9.17, 15) is 15.0 Å². The molecule has 0 saturated heterocycles. The van der Waals surface area contributed by atoms with Crippen molar-refractivity contribution < 1.29 is 24.1 Å². The fraction of sp³-hybridized carbons (Fsp3) is 0.750. The number of aromatic hydroxyl groups is 1. The Morgan fingerprint density at radius 3 is 2.79 bits per heavy atom. The third-order valence-electron chi connectivity index (χ3n) is 9.25. The van der Waals surface area contributed by atoms with E-state index in [-0.39, 0.29) is 28.9 Å². The van der Waals surface area contributed by atoms with Crippen LogP contribution in [0.4, 0.5) is 4.39 Å². The van der Waals surface area contributed by atoms with Crippen LogP contribution in [0.25, 0.3) is 0 Å². The molecule has 3 aliphatic rings. The summed E-state index contributed by atoms with van der Waals surface area (Å²) in [5.41, 5.74) is 1.80. The molecule has 1 amide bonds. The number of methoxy groups -OCH3 is 1. The number of benzene rings is 1. The first-order valence-electron chi connectivity index (χ1n) is 13.2. The minimum Gasteiger partial charge on any atom is -0.508 e. The molecule has 34 heavy (non-hydrogen) atoms. The van der Waals surface area contributed by atoms with Gasteiger partial charge in [0.2, 0.25) is 5.91 Å². The van der Waals surface area contributed by atoms with Gasteiger partial charge in [0.15, 0.2) is 0 Å². The lowest BCUT2D eigenvalue weighted by Gasteiger charge is -2.54. The number of halogens is 1. The molecule has 0 aliphatic heterocycles. The number of rotatable bonds is 9. The van der Waals surface area contributed by atoms with E-state index >= 15 is 4.39 Å². The largest absolute Gasteiger partial charge is 0.508 e. The lowest BCUT2D eigenvalue weighted by Crippen LogP contribution is -2.51. The van der Waals surface area contributed by atoms with Crippen molar-refractivity contribution in [3.63, 3.8) is 0 Å². The van der Waals surface area contributed by atoms with Gasteiger partial charge in [-0.3, -0.25) is 4.79 Å². The van der Waals surface area contributed by atoms with Crippen molar-refractivity contribution >= 4 is 5.91 Å². The van der Waals surface area contributed by atoms with E-state index in [0.717, 1.165) is 56.2 Å². The molecule has 5 nitrogen and oxygen atoms in total. The highest BCUT2D eigenvalue weighted by molar-refractivity contribution is 5.75. The number of hydrogen-bond donors (Lipinski definition) is 2. The van der Waals surface area contributed by atoms with Gasteiger partial charge in [0, 0.05) is 32.5 Å². The average molecular weight is 476 g/mol. The summed E-state index contributed by atoms with van der Waals surface area (Å²) in [6.45, 7) is 5.87. The number of nitrogens with zero attached hydrogens (tertiary/aromatic N) is 1. The SMILES string of the molecule is CCC(=O)N(CCCCC1Cc2cc(O)ccc2C2C(F)C[C@]3(C)C(O)CCC3C12)CCOC. The van der Waals surface area contributed by atoms with Crippen LogP contribution in [-0.2, 0) is 16.0 Å². The van der Waals surface area contributed by atoms with Crippen molar-refractivity contribution in [2.75, 3.05) is 26.8 Å². The Kier molecular flexibility index (Phi) is 7.88. The zero-order chi connectivity index (χ0) is 24.5. The Balaban J connectivity index is 1.51. The minimum absolute atomic E-state index is 0.155. The van der Waals surface area contributed by atoms with Gasteiger partial charge in [-0.15, -0.1) is 0 Å². The number of carbonyl (C=O) groups excluding carboxylic acids is 1. The Morgan fingerprint density at radius 2 is 2.06 bits per heavy atom. The number of aliphatic hydroxyl groups excluding tert-OH is 1. The predicted molar refractivity (Wildman–Crippen MR) is 130 cm³/mol. The lowest BCUT2D eigenvalue weighted by molar-refractivity contribution is -0.131. The molecule has 4 rings (SSSR count). The summed E-state index contributed by atoms with van der Waals surface area (Å²) in [5, 5.41) is 20.9. The van der Waals surface area contributed by atoms with Crippen LogP contribution in [0.3, 0.4) is 0 Å². The number of hydrogen-bond acceptors (Lipinski definition) is 4. The number of ether oxygens (including phenoxy) is 1. The molecule has 3 aliphatic carbocycles. The van der Waals surface area contributed by atoms with Crippen molar-refractivity contribution in [2.45, 2.75) is 83.4 Å². The van der Waals surface area contributed by atoms with Crippen molar-refractivity contribution in [1.82, 2.24) is 4.90 Å². The van der Waals surface area contributed by atoms with E-state index in [1.54, 1.807) is 13.2 Å². The van der Waals surface area contributed by atoms with Gasteiger partial charge in [-0.05, 0) is 85.0 Å². The number of alkyl halides is 1. The van der Waals surface area contributed by atoms with Gasteiger partial charge < -0.3 is 19.8 Å². The maximum absolute atomic E-state index is 15.8. The fourth-order valence-corrected chi connectivity index (χ4v) is 7.53. The summed E-state index contributed by atoms with van der Waals surface area (Å²) in [5.74, 6) is 1.10. The lowest BCUT2D eigenvalue weighted by atomic mass is 9.51. The topological polar surface area (TPSA) is 70.0 Å². The molecule has 190 valence electrons. The van der Waals surface area contributed by atoms with Gasteiger partial charge in [-0.1, -0.05) is 26.3 Å². The molecule has 0 bridgehead atoms. The maximum atomic E-state index is 15.8. The van der Waals surface area contributed by atoms with Gasteiger partial charge in [0.05, 0.1) is 12.7 Å². The number of fused-ring (bicyclic) bond motifs is 5. The van der Waals surface area contributed by atoms with Crippen molar-refractivity contribution in [2.24, 2.45) is 23.2 Å². The molecule has 0 heterocycles. The van der Waals surface area contributed by atoms with Crippen LogP contribution in [0.2, 0.25) is 0 Å². The number of carbonyl (C=O) groups is 1.